The summed E-state index contributed by atoms with van der Waals surface area (Å²) in [4.78, 5) is 16.4. The molecule has 0 unspecified atom stereocenters. The molecule has 4 rings (SSSR count). The highest BCUT2D eigenvalue weighted by Crippen LogP contribution is 2.36. The molecule has 3 aromatic rings. The Kier molecular flexibility index (Phi) is 4.85. The monoisotopic (exact) mass is 382 g/mol. The lowest BCUT2D eigenvalue weighted by Gasteiger charge is -2.19. The van der Waals surface area contributed by atoms with Gasteiger partial charge in [0.05, 0.1) is 17.6 Å². The molecule has 0 spiro atoms. The second kappa shape index (κ2) is 7.43. The molecular weight excluding hydrogens is 364 g/mol. The smallest absolute Gasteiger partial charge is 0.221 e. The van der Waals surface area contributed by atoms with Gasteiger partial charge in [0.15, 0.2) is 5.75 Å². The van der Waals surface area contributed by atoms with E-state index in [0.717, 1.165) is 35.5 Å². The van der Waals surface area contributed by atoms with Crippen molar-refractivity contribution in [1.29, 1.82) is 0 Å². The van der Waals surface area contributed by atoms with Gasteiger partial charge < -0.3 is 10.2 Å². The van der Waals surface area contributed by atoms with Crippen molar-refractivity contribution in [2.24, 2.45) is 5.14 Å². The molecule has 0 radical (unpaired) electrons. The van der Waals surface area contributed by atoms with E-state index >= 15 is 0 Å². The average Bonchev–Trinajstić information content (AvgIpc) is 3.11. The maximum atomic E-state index is 11.4. The Morgan fingerprint density at radius 1 is 1.19 bits per heavy atom. The summed E-state index contributed by atoms with van der Waals surface area (Å²) in [5, 5.41) is 12.6. The summed E-state index contributed by atoms with van der Waals surface area (Å²) in [6.45, 7) is 1.51. The molecule has 1 aliphatic rings. The molecule has 7 nitrogen and oxygen atoms in total. The average molecular weight is 382 g/mol. The van der Waals surface area contributed by atoms with E-state index in [-0.39, 0.29) is 5.91 Å². The zero-order chi connectivity index (χ0) is 18.8. The lowest BCUT2D eigenvalue weighted by atomic mass is 9.90. The number of amides is 1. The van der Waals surface area contributed by atoms with E-state index < -0.39 is 0 Å². The van der Waals surface area contributed by atoms with Crippen LogP contribution in [0, 0.1) is 0 Å². The van der Waals surface area contributed by atoms with Crippen LogP contribution < -0.4 is 15.3 Å². The number of fused-ring (bicyclic) bond motifs is 3. The van der Waals surface area contributed by atoms with Gasteiger partial charge in [-0.2, -0.15) is 5.10 Å². The van der Waals surface area contributed by atoms with Gasteiger partial charge in [0.25, 0.3) is 0 Å². The number of carbonyl (C=O) groups excluding carboxylic acids is 1. The van der Waals surface area contributed by atoms with Gasteiger partial charge in [0.1, 0.15) is 12.2 Å². The number of nitrogens with zero attached hydrogens (tertiary/aromatic N) is 2. The van der Waals surface area contributed by atoms with Crippen LogP contribution in [-0.2, 0) is 22.0 Å². The summed E-state index contributed by atoms with van der Waals surface area (Å²) in [7, 11) is 0. The SMILES string of the molecule is CC(=O)Nc1ccc2c(c1)-c1c(cnn1-c1ccc(OOSN)cc1)CC2. The molecule has 0 atom stereocenters. The Labute approximate surface area is 160 Å². The molecule has 8 heteroatoms. The molecule has 27 heavy (non-hydrogen) atoms. The minimum atomic E-state index is -0.0899. The Morgan fingerprint density at radius 2 is 1.96 bits per heavy atom. The third kappa shape index (κ3) is 3.55. The molecule has 1 aromatic heterocycles. The van der Waals surface area contributed by atoms with Gasteiger partial charge in [0.2, 0.25) is 5.91 Å². The van der Waals surface area contributed by atoms with Gasteiger partial charge in [-0.1, -0.05) is 10.4 Å². The Hall–Kier alpha value is -2.81. The molecule has 2 aromatic carbocycles. The summed E-state index contributed by atoms with van der Waals surface area (Å²) in [5.74, 6) is 0.457. The lowest BCUT2D eigenvalue weighted by Crippen LogP contribution is -2.10. The van der Waals surface area contributed by atoms with Gasteiger partial charge in [-0.15, -0.1) is 0 Å². The Morgan fingerprint density at radius 3 is 2.70 bits per heavy atom. The first kappa shape index (κ1) is 17.6. The molecule has 1 heterocycles. The number of hydrogen-bond acceptors (Lipinski definition) is 6. The van der Waals surface area contributed by atoms with Crippen LogP contribution in [0.15, 0.2) is 48.7 Å². The number of hydrogen-bond donors (Lipinski definition) is 2. The molecule has 0 saturated heterocycles. The van der Waals surface area contributed by atoms with Crippen molar-refractivity contribution in [1.82, 2.24) is 9.78 Å². The van der Waals surface area contributed by atoms with E-state index in [1.54, 1.807) is 12.1 Å². The molecular formula is C19H18N4O3S. The highest BCUT2D eigenvalue weighted by Gasteiger charge is 2.22. The predicted octanol–water partition coefficient (Wildman–Crippen LogP) is 3.43. The number of carbonyl (C=O) groups is 1. The number of aromatic nitrogens is 2. The summed E-state index contributed by atoms with van der Waals surface area (Å²) in [6, 6.07) is 13.4. The van der Waals surface area contributed by atoms with Crippen LogP contribution in [-0.4, -0.2) is 15.7 Å². The second-order valence-electron chi connectivity index (χ2n) is 6.22. The van der Waals surface area contributed by atoms with Crippen molar-refractivity contribution >= 4 is 23.8 Å². The molecule has 1 amide bonds. The van der Waals surface area contributed by atoms with Crippen molar-refractivity contribution in [3.63, 3.8) is 0 Å². The summed E-state index contributed by atoms with van der Waals surface area (Å²) in [6.07, 6.45) is 3.79. The van der Waals surface area contributed by atoms with Crippen LogP contribution >= 0.6 is 12.2 Å². The highest BCUT2D eigenvalue weighted by molar-refractivity contribution is 7.92. The number of rotatable bonds is 5. The number of benzene rings is 2. The standard InChI is InChI=1S/C19H18N4O3S/c1-12(24)22-15-5-4-13-2-3-14-11-21-23(19(14)18(13)10-15)16-6-8-17(9-7-16)25-26-27-20/h4-11H,2-3,20H2,1H3,(H,22,24). The molecule has 0 aliphatic heterocycles. The molecule has 0 saturated carbocycles. The highest BCUT2D eigenvalue weighted by atomic mass is 32.2. The fraction of sp³-hybridized carbons (Fsp3) is 0.158. The fourth-order valence-corrected chi connectivity index (χ4v) is 3.43. The molecule has 3 N–H and O–H groups in total. The van der Waals surface area contributed by atoms with Crippen molar-refractivity contribution < 1.29 is 14.0 Å². The minimum absolute atomic E-state index is 0.0899. The van der Waals surface area contributed by atoms with Gasteiger partial charge >= 0.3 is 0 Å². The molecule has 0 fully saturated rings. The topological polar surface area (TPSA) is 91.4 Å². The van der Waals surface area contributed by atoms with E-state index in [2.05, 4.69) is 20.8 Å². The van der Waals surface area contributed by atoms with Crippen LogP contribution in [0.4, 0.5) is 5.69 Å². The van der Waals surface area contributed by atoms with Crippen molar-refractivity contribution in [3.05, 3.63) is 59.8 Å². The van der Waals surface area contributed by atoms with E-state index in [1.165, 1.54) is 18.1 Å². The van der Waals surface area contributed by atoms with Crippen LogP contribution in [0.5, 0.6) is 5.75 Å². The van der Waals surface area contributed by atoms with Gasteiger partial charge in [-0.3, -0.25) is 9.93 Å². The van der Waals surface area contributed by atoms with Crippen molar-refractivity contribution in [2.45, 2.75) is 19.8 Å². The molecule has 138 valence electrons. The van der Waals surface area contributed by atoms with Crippen LogP contribution in [0.1, 0.15) is 18.1 Å². The first-order valence-corrected chi connectivity index (χ1v) is 9.24. The van der Waals surface area contributed by atoms with E-state index in [4.69, 9.17) is 10.0 Å². The minimum Gasteiger partial charge on any atom is -0.326 e. The summed E-state index contributed by atoms with van der Waals surface area (Å²) < 4.78 is 6.58. The molecule has 1 aliphatic carbocycles. The third-order valence-corrected chi connectivity index (χ3v) is 4.59. The van der Waals surface area contributed by atoms with Gasteiger partial charge in [-0.05, 0) is 60.4 Å². The third-order valence-electron chi connectivity index (χ3n) is 4.44. The lowest BCUT2D eigenvalue weighted by molar-refractivity contribution is -0.114. The second-order valence-corrected chi connectivity index (χ2v) is 6.55. The van der Waals surface area contributed by atoms with Gasteiger partial charge in [-0.25, -0.2) is 4.68 Å². The van der Waals surface area contributed by atoms with Crippen molar-refractivity contribution in [2.75, 3.05) is 5.32 Å². The zero-order valence-corrected chi connectivity index (χ0v) is 15.5. The summed E-state index contributed by atoms with van der Waals surface area (Å²) >= 11 is 0.645. The zero-order valence-electron chi connectivity index (χ0n) is 14.6. The van der Waals surface area contributed by atoms with E-state index in [0.29, 0.717) is 18.0 Å². The maximum Gasteiger partial charge on any atom is 0.221 e. The first-order chi connectivity index (χ1) is 13.2. The molecule has 0 bridgehead atoms. The predicted molar refractivity (Wildman–Crippen MR) is 104 cm³/mol. The van der Waals surface area contributed by atoms with Crippen LogP contribution in [0.2, 0.25) is 0 Å². The summed E-state index contributed by atoms with van der Waals surface area (Å²) in [5.41, 5.74) is 6.25. The largest absolute Gasteiger partial charge is 0.326 e. The number of aryl methyl sites for hydroxylation is 2. The number of nitrogens with one attached hydrogen (secondary N) is 1. The van der Waals surface area contributed by atoms with E-state index in [9.17, 15) is 4.79 Å². The Balaban J connectivity index is 1.73. The normalized spacial score (nSPS) is 12.2. The van der Waals surface area contributed by atoms with E-state index in [1.807, 2.05) is 35.1 Å². The van der Waals surface area contributed by atoms with Crippen molar-refractivity contribution in [3.8, 4) is 22.7 Å². The van der Waals surface area contributed by atoms with Crippen LogP contribution in [0.3, 0.4) is 0 Å². The Bertz CT molecular complexity index is 985. The fourth-order valence-electron chi connectivity index (χ4n) is 3.32. The van der Waals surface area contributed by atoms with Gasteiger partial charge in [0, 0.05) is 18.2 Å². The first-order valence-electron chi connectivity index (χ1n) is 8.44. The number of nitrogens with two attached hydrogens (primary N) is 1. The number of anilines is 1. The quantitative estimate of drug-likeness (QED) is 0.304. The maximum absolute atomic E-state index is 11.4. The van der Waals surface area contributed by atoms with Crippen LogP contribution in [0.25, 0.3) is 16.9 Å².